The average molecular weight is 347 g/mol. The molecule has 2 rings (SSSR count). The highest BCUT2D eigenvalue weighted by molar-refractivity contribution is 5.98. The van der Waals surface area contributed by atoms with E-state index in [1.165, 1.54) is 0 Å². The minimum absolute atomic E-state index is 0.00999. The van der Waals surface area contributed by atoms with Gasteiger partial charge >= 0.3 is 5.97 Å². The Balaban J connectivity index is 2.28. The molecule has 6 nitrogen and oxygen atoms in total. The fourth-order valence-electron chi connectivity index (χ4n) is 3.33. The summed E-state index contributed by atoms with van der Waals surface area (Å²) in [6, 6.07) is 0. The van der Waals surface area contributed by atoms with Crippen LogP contribution in [0.25, 0.3) is 6.08 Å². The number of rotatable bonds is 5. The van der Waals surface area contributed by atoms with E-state index in [4.69, 9.17) is 4.74 Å². The van der Waals surface area contributed by atoms with E-state index in [2.05, 4.69) is 16.5 Å². The molecule has 6 heteroatoms. The average Bonchev–Trinajstić information content (AvgIpc) is 2.83. The smallest absolute Gasteiger partial charge is 0.340 e. The largest absolute Gasteiger partial charge is 0.462 e. The van der Waals surface area contributed by atoms with Crippen LogP contribution in [-0.2, 0) is 16.1 Å². The number of likely N-dealkylation sites (N-methyl/N-ethyl adjacent to an activating group) is 1. The fraction of sp³-hybridized carbons (Fsp3) is 0.579. The third kappa shape index (κ3) is 4.12. The molecule has 0 unspecified atom stereocenters. The number of hydrogen-bond donors (Lipinski definition) is 0. The first-order valence-corrected chi connectivity index (χ1v) is 8.93. The SMILES string of the molecule is CCOC(=O)c1c(/C=C/C(=O)N2CCN(C)CC2)c(C)n(CC)c1C. The summed E-state index contributed by atoms with van der Waals surface area (Å²) in [7, 11) is 2.06. The number of ether oxygens (including phenoxy) is 1. The molecule has 1 saturated heterocycles. The van der Waals surface area contributed by atoms with Crippen molar-refractivity contribution in [1.82, 2.24) is 14.4 Å². The lowest BCUT2D eigenvalue weighted by Crippen LogP contribution is -2.46. The molecule has 0 spiro atoms. The van der Waals surface area contributed by atoms with Crippen molar-refractivity contribution in [2.75, 3.05) is 39.8 Å². The summed E-state index contributed by atoms with van der Waals surface area (Å²) < 4.78 is 7.29. The molecule has 1 amide bonds. The van der Waals surface area contributed by atoms with E-state index in [-0.39, 0.29) is 11.9 Å². The number of nitrogens with zero attached hydrogens (tertiary/aromatic N) is 3. The number of carbonyl (C=O) groups excluding carboxylic acids is 2. The summed E-state index contributed by atoms with van der Waals surface area (Å²) >= 11 is 0. The third-order valence-corrected chi connectivity index (χ3v) is 4.83. The van der Waals surface area contributed by atoms with Crippen molar-refractivity contribution in [3.63, 3.8) is 0 Å². The first kappa shape index (κ1) is 19.2. The molecular weight excluding hydrogens is 318 g/mol. The van der Waals surface area contributed by atoms with Gasteiger partial charge in [-0.3, -0.25) is 4.79 Å². The summed E-state index contributed by atoms with van der Waals surface area (Å²) in [5.41, 5.74) is 3.19. The Labute approximate surface area is 150 Å². The second-order valence-electron chi connectivity index (χ2n) is 6.39. The highest BCUT2D eigenvalue weighted by Crippen LogP contribution is 2.25. The Morgan fingerprint density at radius 2 is 1.72 bits per heavy atom. The quantitative estimate of drug-likeness (QED) is 0.605. The van der Waals surface area contributed by atoms with Crippen molar-refractivity contribution in [3.05, 3.63) is 28.6 Å². The van der Waals surface area contributed by atoms with Gasteiger partial charge in [0, 0.05) is 55.8 Å². The lowest BCUT2D eigenvalue weighted by atomic mass is 10.1. The first-order chi connectivity index (χ1) is 11.9. The van der Waals surface area contributed by atoms with Crippen LogP contribution in [0.5, 0.6) is 0 Å². The molecule has 0 aromatic carbocycles. The van der Waals surface area contributed by atoms with E-state index >= 15 is 0 Å². The number of esters is 1. The van der Waals surface area contributed by atoms with E-state index < -0.39 is 0 Å². The normalized spacial score (nSPS) is 15.8. The molecule has 0 atom stereocenters. The fourth-order valence-corrected chi connectivity index (χ4v) is 3.33. The Morgan fingerprint density at radius 1 is 1.08 bits per heavy atom. The highest BCUT2D eigenvalue weighted by atomic mass is 16.5. The molecule has 2 heterocycles. The van der Waals surface area contributed by atoms with Gasteiger partial charge in [0.1, 0.15) is 0 Å². The van der Waals surface area contributed by atoms with Crippen LogP contribution in [0.1, 0.15) is 41.2 Å². The second-order valence-corrected chi connectivity index (χ2v) is 6.39. The van der Waals surface area contributed by atoms with Gasteiger partial charge in [-0.1, -0.05) is 0 Å². The monoisotopic (exact) mass is 347 g/mol. The van der Waals surface area contributed by atoms with Gasteiger partial charge in [-0.15, -0.1) is 0 Å². The third-order valence-electron chi connectivity index (χ3n) is 4.83. The molecule has 0 aliphatic carbocycles. The Kier molecular flexibility index (Phi) is 6.42. The van der Waals surface area contributed by atoms with E-state index in [1.807, 2.05) is 25.7 Å². The van der Waals surface area contributed by atoms with E-state index in [9.17, 15) is 9.59 Å². The molecule has 138 valence electrons. The molecule has 0 saturated carbocycles. The van der Waals surface area contributed by atoms with Gasteiger partial charge in [0.2, 0.25) is 5.91 Å². The maximum absolute atomic E-state index is 12.5. The maximum Gasteiger partial charge on any atom is 0.340 e. The summed E-state index contributed by atoms with van der Waals surface area (Å²) in [5.74, 6) is -0.341. The summed E-state index contributed by atoms with van der Waals surface area (Å²) in [6.45, 7) is 12.1. The zero-order valence-corrected chi connectivity index (χ0v) is 16.0. The molecule has 1 aliphatic rings. The van der Waals surface area contributed by atoms with Gasteiger partial charge < -0.3 is 19.1 Å². The Bertz CT molecular complexity index is 668. The standard InChI is InChI=1S/C19H29N3O3/c1-6-22-14(3)16(18(15(22)4)19(24)25-7-2)8-9-17(23)21-12-10-20(5)11-13-21/h8-9H,6-7,10-13H2,1-5H3/b9-8+. The summed E-state index contributed by atoms with van der Waals surface area (Å²) in [4.78, 5) is 28.9. The molecule has 1 fully saturated rings. The van der Waals surface area contributed by atoms with Crippen LogP contribution >= 0.6 is 0 Å². The van der Waals surface area contributed by atoms with Gasteiger partial charge in [0.05, 0.1) is 12.2 Å². The van der Waals surface area contributed by atoms with Gasteiger partial charge in [-0.25, -0.2) is 4.79 Å². The molecule has 0 radical (unpaired) electrons. The van der Waals surface area contributed by atoms with E-state index in [0.717, 1.165) is 49.7 Å². The van der Waals surface area contributed by atoms with Crippen molar-refractivity contribution < 1.29 is 14.3 Å². The number of amides is 1. The van der Waals surface area contributed by atoms with Gasteiger partial charge in [-0.2, -0.15) is 0 Å². The van der Waals surface area contributed by atoms with Crippen molar-refractivity contribution >= 4 is 18.0 Å². The highest BCUT2D eigenvalue weighted by Gasteiger charge is 2.23. The molecule has 1 aliphatic heterocycles. The van der Waals surface area contributed by atoms with Gasteiger partial charge in [-0.05, 0) is 40.8 Å². The van der Waals surface area contributed by atoms with Crippen molar-refractivity contribution in [2.24, 2.45) is 0 Å². The predicted octanol–water partition coefficient (Wildman–Crippen LogP) is 2.09. The second kappa shape index (κ2) is 8.34. The predicted molar refractivity (Wildman–Crippen MR) is 98.6 cm³/mol. The number of hydrogen-bond acceptors (Lipinski definition) is 4. The summed E-state index contributed by atoms with van der Waals surface area (Å²) in [5, 5.41) is 0. The summed E-state index contributed by atoms with van der Waals surface area (Å²) in [6.07, 6.45) is 3.34. The van der Waals surface area contributed by atoms with Gasteiger partial charge in [0.25, 0.3) is 0 Å². The van der Waals surface area contributed by atoms with Crippen LogP contribution in [0, 0.1) is 13.8 Å². The molecule has 25 heavy (non-hydrogen) atoms. The maximum atomic E-state index is 12.5. The van der Waals surface area contributed by atoms with Crippen LogP contribution in [0.2, 0.25) is 0 Å². The number of aromatic nitrogens is 1. The molecule has 0 N–H and O–H groups in total. The van der Waals surface area contributed by atoms with Crippen LogP contribution in [0.4, 0.5) is 0 Å². The Morgan fingerprint density at radius 3 is 2.28 bits per heavy atom. The van der Waals surface area contributed by atoms with Crippen LogP contribution in [0.15, 0.2) is 6.08 Å². The molecule has 0 bridgehead atoms. The minimum Gasteiger partial charge on any atom is -0.462 e. The number of piperazine rings is 1. The van der Waals surface area contributed by atoms with Crippen LogP contribution in [-0.4, -0.2) is 66.1 Å². The van der Waals surface area contributed by atoms with Crippen LogP contribution < -0.4 is 0 Å². The van der Waals surface area contributed by atoms with Crippen LogP contribution in [0.3, 0.4) is 0 Å². The first-order valence-electron chi connectivity index (χ1n) is 8.93. The lowest BCUT2D eigenvalue weighted by molar-refractivity contribution is -0.127. The minimum atomic E-state index is -0.331. The van der Waals surface area contributed by atoms with E-state index in [1.54, 1.807) is 19.1 Å². The Hall–Kier alpha value is -2.08. The van der Waals surface area contributed by atoms with Crippen molar-refractivity contribution in [3.8, 4) is 0 Å². The van der Waals surface area contributed by atoms with Gasteiger partial charge in [0.15, 0.2) is 0 Å². The molecule has 1 aromatic rings. The molecule has 1 aromatic heterocycles. The number of carbonyl (C=O) groups is 2. The molecular formula is C19H29N3O3. The zero-order valence-electron chi connectivity index (χ0n) is 16.0. The lowest BCUT2D eigenvalue weighted by Gasteiger charge is -2.31. The zero-order chi connectivity index (χ0) is 18.6. The van der Waals surface area contributed by atoms with E-state index in [0.29, 0.717) is 12.2 Å². The van der Waals surface area contributed by atoms with Crippen molar-refractivity contribution in [2.45, 2.75) is 34.2 Å². The topological polar surface area (TPSA) is 54.8 Å². The van der Waals surface area contributed by atoms with Crippen molar-refractivity contribution in [1.29, 1.82) is 0 Å².